The molecule has 1 heterocycles. The molecule has 1 aromatic carbocycles. The number of methoxy groups -OCH3 is 1. The van der Waals surface area contributed by atoms with Gasteiger partial charge < -0.3 is 10.1 Å². The Labute approximate surface area is 177 Å². The van der Waals surface area contributed by atoms with E-state index in [1.165, 1.54) is 33.2 Å². The summed E-state index contributed by atoms with van der Waals surface area (Å²) in [6, 6.07) is 5.30. The van der Waals surface area contributed by atoms with Crippen LogP contribution in [0.4, 0.5) is 0 Å². The van der Waals surface area contributed by atoms with Gasteiger partial charge in [0, 0.05) is 19.7 Å². The van der Waals surface area contributed by atoms with Crippen LogP contribution >= 0.6 is 11.8 Å². The summed E-state index contributed by atoms with van der Waals surface area (Å²) in [7, 11) is -1.23. The molecule has 0 aliphatic rings. The lowest BCUT2D eigenvalue weighted by Crippen LogP contribution is -2.43. The van der Waals surface area contributed by atoms with Gasteiger partial charge in [0.1, 0.15) is 11.4 Å². The van der Waals surface area contributed by atoms with Crippen molar-refractivity contribution in [2.75, 3.05) is 18.6 Å². The molecule has 0 saturated carbocycles. The molecule has 1 amide bonds. The minimum atomic E-state index is -3.79. The van der Waals surface area contributed by atoms with E-state index in [0.717, 1.165) is 26.7 Å². The average molecular weight is 458 g/mol. The van der Waals surface area contributed by atoms with Gasteiger partial charge in [0.05, 0.1) is 17.8 Å². The largest absolute Gasteiger partial charge is 0.467 e. The van der Waals surface area contributed by atoms with E-state index >= 15 is 0 Å². The topological polar surface area (TPSA) is 142 Å². The highest BCUT2D eigenvalue weighted by atomic mass is 32.2. The molecule has 0 saturated heterocycles. The van der Waals surface area contributed by atoms with Gasteiger partial charge in [-0.15, -0.1) is 11.8 Å². The molecule has 0 aliphatic carbocycles. The maximum Gasteiger partial charge on any atom is 0.364 e. The number of nitrogens with zero attached hydrogens (tertiary/aromatic N) is 4. The Morgan fingerprint density at radius 3 is 2.37 bits per heavy atom. The summed E-state index contributed by atoms with van der Waals surface area (Å²) in [4.78, 5) is 35.7. The fourth-order valence-electron chi connectivity index (χ4n) is 2.49. The van der Waals surface area contributed by atoms with E-state index < -0.39 is 44.6 Å². The molecule has 0 bridgehead atoms. The smallest absolute Gasteiger partial charge is 0.364 e. The predicted octanol–water partition coefficient (Wildman–Crippen LogP) is -0.331. The maximum absolute atomic E-state index is 12.9. The molecular formula is C17H23N5O6S2. The van der Waals surface area contributed by atoms with Crippen molar-refractivity contribution in [3.05, 3.63) is 40.3 Å². The number of sulfone groups is 1. The zero-order valence-electron chi connectivity index (χ0n) is 16.9. The number of esters is 1. The van der Waals surface area contributed by atoms with Gasteiger partial charge in [-0.05, 0) is 29.5 Å². The van der Waals surface area contributed by atoms with E-state index in [1.54, 1.807) is 12.1 Å². The summed E-state index contributed by atoms with van der Waals surface area (Å²) in [5.41, 5.74) is 0.294. The van der Waals surface area contributed by atoms with E-state index in [9.17, 15) is 22.8 Å². The quantitative estimate of drug-likeness (QED) is 0.501. The fourth-order valence-corrected chi connectivity index (χ4v) is 5.58. The lowest BCUT2D eigenvalue weighted by atomic mass is 10.2. The summed E-state index contributed by atoms with van der Waals surface area (Å²) in [5, 5.41) is 8.82. The van der Waals surface area contributed by atoms with Gasteiger partial charge in [0.15, 0.2) is 9.84 Å². The standard InChI is InChI=1S/C17H23N5O6S2/c1-11-5-7-13(8-6-11)30(26,27)10-15(22-17(25)21(3)19-20-22)29-9-14(16(24)28-4)18-12(2)23/h5-8,14-15H,9-10H2,1-4H3,(H,18,23)/t14-,15?/m0/s1. The number of thioether (sulfide) groups is 1. The summed E-state index contributed by atoms with van der Waals surface area (Å²) in [5.74, 6) is -1.65. The second-order valence-electron chi connectivity index (χ2n) is 6.49. The highest BCUT2D eigenvalue weighted by Gasteiger charge is 2.29. The number of ether oxygens (including phenoxy) is 1. The number of rotatable bonds is 9. The molecule has 30 heavy (non-hydrogen) atoms. The van der Waals surface area contributed by atoms with E-state index in [1.807, 2.05) is 6.92 Å². The molecule has 0 fully saturated rings. The molecule has 0 aliphatic heterocycles. The first-order valence-electron chi connectivity index (χ1n) is 8.79. The Morgan fingerprint density at radius 1 is 1.23 bits per heavy atom. The Morgan fingerprint density at radius 2 is 1.87 bits per heavy atom. The van der Waals surface area contributed by atoms with Crippen LogP contribution in [-0.2, 0) is 31.2 Å². The fraction of sp³-hybridized carbons (Fsp3) is 0.471. The van der Waals surface area contributed by atoms with Crippen molar-refractivity contribution in [1.82, 2.24) is 25.1 Å². The number of nitrogens with one attached hydrogen (secondary N) is 1. The van der Waals surface area contributed by atoms with E-state index in [2.05, 4.69) is 20.5 Å². The molecule has 0 spiro atoms. The third-order valence-corrected chi connectivity index (χ3v) is 7.31. The number of tetrazole rings is 1. The zero-order chi connectivity index (χ0) is 22.5. The normalized spacial score (nSPS) is 13.5. The number of aryl methyl sites for hydroxylation is 2. The highest BCUT2D eigenvalue weighted by Crippen LogP contribution is 2.26. The Bertz CT molecular complexity index is 1060. The number of hydrogen-bond donors (Lipinski definition) is 1. The highest BCUT2D eigenvalue weighted by molar-refractivity contribution is 8.00. The van der Waals surface area contributed by atoms with Gasteiger partial charge >= 0.3 is 11.7 Å². The maximum atomic E-state index is 12.9. The Hall–Kier alpha value is -2.67. The van der Waals surface area contributed by atoms with Gasteiger partial charge in [-0.25, -0.2) is 18.0 Å². The Balaban J connectivity index is 2.32. The van der Waals surface area contributed by atoms with Crippen LogP contribution in [0.5, 0.6) is 0 Å². The summed E-state index contributed by atoms with van der Waals surface area (Å²) in [6.07, 6.45) is 0. The van der Waals surface area contributed by atoms with Crippen molar-refractivity contribution in [2.24, 2.45) is 7.05 Å². The summed E-state index contributed by atoms with van der Waals surface area (Å²) >= 11 is 0.973. The van der Waals surface area contributed by atoms with E-state index in [-0.39, 0.29) is 10.6 Å². The number of aromatic nitrogens is 4. The van der Waals surface area contributed by atoms with Crippen LogP contribution in [0.2, 0.25) is 0 Å². The second kappa shape index (κ2) is 9.89. The zero-order valence-corrected chi connectivity index (χ0v) is 18.6. The lowest BCUT2D eigenvalue weighted by molar-refractivity contribution is -0.144. The lowest BCUT2D eigenvalue weighted by Gasteiger charge is -2.20. The molecule has 164 valence electrons. The molecule has 2 rings (SSSR count). The molecule has 11 nitrogen and oxygen atoms in total. The molecule has 0 radical (unpaired) electrons. The van der Waals surface area contributed by atoms with Crippen molar-refractivity contribution < 1.29 is 22.7 Å². The summed E-state index contributed by atoms with van der Waals surface area (Å²) in [6.45, 7) is 3.08. The third-order valence-electron chi connectivity index (χ3n) is 4.08. The first-order valence-corrected chi connectivity index (χ1v) is 11.5. The van der Waals surface area contributed by atoms with Crippen LogP contribution in [-0.4, -0.2) is 64.7 Å². The van der Waals surface area contributed by atoms with Crippen LogP contribution in [0.1, 0.15) is 17.9 Å². The minimum Gasteiger partial charge on any atom is -0.467 e. The second-order valence-corrected chi connectivity index (χ2v) is 9.73. The molecule has 2 atom stereocenters. The van der Waals surface area contributed by atoms with Crippen molar-refractivity contribution >= 4 is 33.5 Å². The van der Waals surface area contributed by atoms with Crippen LogP contribution in [0.3, 0.4) is 0 Å². The van der Waals surface area contributed by atoms with E-state index in [0.29, 0.717) is 0 Å². The van der Waals surface area contributed by atoms with Crippen LogP contribution in [0.15, 0.2) is 34.0 Å². The van der Waals surface area contributed by atoms with Crippen molar-refractivity contribution in [3.63, 3.8) is 0 Å². The van der Waals surface area contributed by atoms with Gasteiger partial charge in [0.25, 0.3) is 0 Å². The molecule has 1 N–H and O–H groups in total. The Kier molecular flexibility index (Phi) is 7.78. The average Bonchev–Trinajstić information content (AvgIpc) is 3.02. The minimum absolute atomic E-state index is 0.0383. The van der Waals surface area contributed by atoms with Crippen LogP contribution in [0, 0.1) is 6.92 Å². The number of amides is 1. The van der Waals surface area contributed by atoms with Gasteiger partial charge in [-0.1, -0.05) is 17.7 Å². The first-order chi connectivity index (χ1) is 14.0. The monoisotopic (exact) mass is 457 g/mol. The van der Waals surface area contributed by atoms with Gasteiger partial charge in [0.2, 0.25) is 5.91 Å². The number of carbonyl (C=O) groups is 2. The van der Waals surface area contributed by atoms with E-state index in [4.69, 9.17) is 0 Å². The van der Waals surface area contributed by atoms with Crippen molar-refractivity contribution in [2.45, 2.75) is 30.2 Å². The SMILES string of the molecule is COC(=O)[C@H](CSC(CS(=O)(=O)c1ccc(C)cc1)n1nnn(C)c1=O)NC(C)=O. The number of benzene rings is 1. The van der Waals surface area contributed by atoms with Crippen molar-refractivity contribution in [3.8, 4) is 0 Å². The van der Waals surface area contributed by atoms with Crippen molar-refractivity contribution in [1.29, 1.82) is 0 Å². The van der Waals surface area contributed by atoms with Gasteiger partial charge in [-0.2, -0.15) is 9.36 Å². The van der Waals surface area contributed by atoms with Crippen LogP contribution < -0.4 is 11.0 Å². The molecular weight excluding hydrogens is 434 g/mol. The molecule has 13 heteroatoms. The summed E-state index contributed by atoms with van der Waals surface area (Å²) < 4.78 is 32.4. The molecule has 1 aromatic heterocycles. The molecule has 2 aromatic rings. The van der Waals surface area contributed by atoms with Gasteiger partial charge in [-0.3, -0.25) is 4.79 Å². The molecule has 1 unspecified atom stereocenters. The van der Waals surface area contributed by atoms with Crippen LogP contribution in [0.25, 0.3) is 0 Å². The first kappa shape index (κ1) is 23.6. The number of hydrogen-bond acceptors (Lipinski definition) is 9. The third kappa shape index (κ3) is 5.92. The predicted molar refractivity (Wildman–Crippen MR) is 110 cm³/mol. The number of carbonyl (C=O) groups excluding carboxylic acids is 2.